The molecule has 1 aliphatic carbocycles. The van der Waals surface area contributed by atoms with Gasteiger partial charge in [-0.05, 0) is 42.9 Å². The number of carbonyl (C=O) groups is 1. The normalized spacial score (nSPS) is 19.1. The molecular formula is C21H23N3O. The first-order valence-electron chi connectivity index (χ1n) is 8.97. The van der Waals surface area contributed by atoms with Gasteiger partial charge in [0.15, 0.2) is 0 Å². The van der Waals surface area contributed by atoms with Gasteiger partial charge in [-0.25, -0.2) is 0 Å². The lowest BCUT2D eigenvalue weighted by molar-refractivity contribution is -0.122. The van der Waals surface area contributed by atoms with Gasteiger partial charge in [-0.2, -0.15) is 5.10 Å². The van der Waals surface area contributed by atoms with Gasteiger partial charge < -0.3 is 5.32 Å². The molecule has 0 aliphatic heterocycles. The quantitative estimate of drug-likeness (QED) is 0.700. The molecule has 4 heteroatoms. The van der Waals surface area contributed by atoms with Crippen molar-refractivity contribution in [2.45, 2.75) is 32.2 Å². The Balaban J connectivity index is 1.26. The molecule has 128 valence electrons. The van der Waals surface area contributed by atoms with Crippen molar-refractivity contribution in [3.63, 3.8) is 0 Å². The van der Waals surface area contributed by atoms with Gasteiger partial charge >= 0.3 is 0 Å². The van der Waals surface area contributed by atoms with E-state index in [-0.39, 0.29) is 11.8 Å². The van der Waals surface area contributed by atoms with Crippen LogP contribution in [-0.4, -0.2) is 22.2 Å². The van der Waals surface area contributed by atoms with E-state index in [0.29, 0.717) is 12.5 Å². The number of amides is 1. The lowest BCUT2D eigenvalue weighted by atomic mass is 10.1. The summed E-state index contributed by atoms with van der Waals surface area (Å²) in [5.74, 6) is 0.741. The minimum atomic E-state index is 0.149. The zero-order valence-corrected chi connectivity index (χ0v) is 14.5. The Hall–Kier alpha value is -2.62. The van der Waals surface area contributed by atoms with Gasteiger partial charge in [-0.1, -0.05) is 42.5 Å². The van der Waals surface area contributed by atoms with Crippen LogP contribution in [-0.2, 0) is 11.3 Å². The van der Waals surface area contributed by atoms with Gasteiger partial charge in [-0.3, -0.25) is 9.48 Å². The molecular weight excluding hydrogens is 310 g/mol. The third-order valence-electron chi connectivity index (χ3n) is 5.00. The monoisotopic (exact) mass is 333 g/mol. The fraction of sp³-hybridized carbons (Fsp3) is 0.333. The van der Waals surface area contributed by atoms with Crippen LogP contribution >= 0.6 is 0 Å². The van der Waals surface area contributed by atoms with E-state index in [1.54, 1.807) is 0 Å². The SMILES string of the molecule is Cc1ccc2cnn(CCCNC(=O)[C@H]3C[C@@H]3c3ccccc3)c2c1. The summed E-state index contributed by atoms with van der Waals surface area (Å²) in [5.41, 5.74) is 3.68. The Morgan fingerprint density at radius 3 is 2.92 bits per heavy atom. The number of benzene rings is 2. The Morgan fingerprint density at radius 1 is 1.24 bits per heavy atom. The second-order valence-corrected chi connectivity index (χ2v) is 6.93. The Labute approximate surface area is 147 Å². The highest BCUT2D eigenvalue weighted by molar-refractivity contribution is 5.83. The maximum atomic E-state index is 12.3. The van der Waals surface area contributed by atoms with Gasteiger partial charge in [0.1, 0.15) is 0 Å². The van der Waals surface area contributed by atoms with E-state index in [0.717, 1.165) is 24.9 Å². The van der Waals surface area contributed by atoms with Crippen LogP contribution in [0.25, 0.3) is 10.9 Å². The van der Waals surface area contributed by atoms with E-state index < -0.39 is 0 Å². The Morgan fingerprint density at radius 2 is 2.08 bits per heavy atom. The molecule has 3 aromatic rings. The first-order valence-corrected chi connectivity index (χ1v) is 8.97. The van der Waals surface area contributed by atoms with Crippen molar-refractivity contribution in [2.24, 2.45) is 5.92 Å². The van der Waals surface area contributed by atoms with Crippen LogP contribution in [0.2, 0.25) is 0 Å². The van der Waals surface area contributed by atoms with Crippen LogP contribution in [0.3, 0.4) is 0 Å². The van der Waals surface area contributed by atoms with Crippen molar-refractivity contribution >= 4 is 16.8 Å². The molecule has 4 rings (SSSR count). The van der Waals surface area contributed by atoms with Crippen LogP contribution < -0.4 is 5.32 Å². The van der Waals surface area contributed by atoms with Crippen molar-refractivity contribution in [3.8, 4) is 0 Å². The summed E-state index contributed by atoms with van der Waals surface area (Å²) in [5, 5.41) is 8.71. The molecule has 4 nitrogen and oxygen atoms in total. The van der Waals surface area contributed by atoms with E-state index in [1.807, 2.05) is 29.1 Å². The third-order valence-corrected chi connectivity index (χ3v) is 5.00. The predicted octanol–water partition coefficient (Wildman–Crippen LogP) is 3.65. The highest BCUT2D eigenvalue weighted by Crippen LogP contribution is 2.47. The van der Waals surface area contributed by atoms with E-state index in [4.69, 9.17) is 0 Å². The number of hydrogen-bond donors (Lipinski definition) is 1. The Bertz CT molecular complexity index is 885. The molecule has 0 saturated heterocycles. The number of nitrogens with one attached hydrogen (secondary N) is 1. The molecule has 2 aromatic carbocycles. The number of nitrogens with zero attached hydrogens (tertiary/aromatic N) is 2. The molecule has 0 radical (unpaired) electrons. The standard InChI is InChI=1S/C21H23N3O/c1-15-8-9-17-14-23-24(20(17)12-15)11-5-10-22-21(25)19-13-18(19)16-6-3-2-4-7-16/h2-4,6-9,12,14,18-19H,5,10-11,13H2,1H3,(H,22,25)/t18-,19+/m1/s1. The number of aromatic nitrogens is 2. The molecule has 1 heterocycles. The largest absolute Gasteiger partial charge is 0.356 e. The van der Waals surface area contributed by atoms with Crippen LogP contribution in [0, 0.1) is 12.8 Å². The maximum Gasteiger partial charge on any atom is 0.223 e. The van der Waals surface area contributed by atoms with Crippen molar-refractivity contribution in [1.29, 1.82) is 0 Å². The lowest BCUT2D eigenvalue weighted by Crippen LogP contribution is -2.27. The number of hydrogen-bond acceptors (Lipinski definition) is 2. The fourth-order valence-corrected chi connectivity index (χ4v) is 3.48. The lowest BCUT2D eigenvalue weighted by Gasteiger charge is -2.07. The van der Waals surface area contributed by atoms with Crippen LogP contribution in [0.15, 0.2) is 54.7 Å². The molecule has 0 bridgehead atoms. The Kier molecular flexibility index (Phi) is 4.26. The zero-order valence-electron chi connectivity index (χ0n) is 14.5. The van der Waals surface area contributed by atoms with Crippen molar-refractivity contribution in [3.05, 3.63) is 65.9 Å². The minimum absolute atomic E-state index is 0.149. The molecule has 0 unspecified atom stereocenters. The summed E-state index contributed by atoms with van der Waals surface area (Å²) in [6.45, 7) is 3.61. The summed E-state index contributed by atoms with van der Waals surface area (Å²) in [6, 6.07) is 16.7. The molecule has 1 aromatic heterocycles. The summed E-state index contributed by atoms with van der Waals surface area (Å²) < 4.78 is 2.03. The summed E-state index contributed by atoms with van der Waals surface area (Å²) >= 11 is 0. The van der Waals surface area contributed by atoms with Gasteiger partial charge in [0.25, 0.3) is 0 Å². The van der Waals surface area contributed by atoms with Crippen LogP contribution in [0.4, 0.5) is 0 Å². The van der Waals surface area contributed by atoms with E-state index >= 15 is 0 Å². The summed E-state index contributed by atoms with van der Waals surface area (Å²) in [6.07, 6.45) is 3.76. The number of rotatable bonds is 6. The van der Waals surface area contributed by atoms with Gasteiger partial charge in [0.2, 0.25) is 5.91 Å². The topological polar surface area (TPSA) is 46.9 Å². The van der Waals surface area contributed by atoms with E-state index in [9.17, 15) is 4.79 Å². The summed E-state index contributed by atoms with van der Waals surface area (Å²) in [4.78, 5) is 12.3. The van der Waals surface area contributed by atoms with Gasteiger partial charge in [-0.15, -0.1) is 0 Å². The smallest absolute Gasteiger partial charge is 0.223 e. The minimum Gasteiger partial charge on any atom is -0.356 e. The van der Waals surface area contributed by atoms with Crippen molar-refractivity contribution in [2.75, 3.05) is 6.54 Å². The molecule has 1 fully saturated rings. The first-order chi connectivity index (χ1) is 12.2. The van der Waals surface area contributed by atoms with Crippen LogP contribution in [0.1, 0.15) is 29.9 Å². The van der Waals surface area contributed by atoms with Crippen molar-refractivity contribution < 1.29 is 4.79 Å². The average molecular weight is 333 g/mol. The molecule has 0 spiro atoms. The first kappa shape index (κ1) is 15.9. The number of carbonyl (C=O) groups excluding carboxylic acids is 1. The van der Waals surface area contributed by atoms with Crippen molar-refractivity contribution in [1.82, 2.24) is 15.1 Å². The molecule has 1 amide bonds. The molecule has 2 atom stereocenters. The maximum absolute atomic E-state index is 12.3. The van der Waals surface area contributed by atoms with Crippen LogP contribution in [0.5, 0.6) is 0 Å². The highest BCUT2D eigenvalue weighted by atomic mass is 16.2. The zero-order chi connectivity index (χ0) is 17.2. The highest BCUT2D eigenvalue weighted by Gasteiger charge is 2.43. The second-order valence-electron chi connectivity index (χ2n) is 6.93. The molecule has 1 N–H and O–H groups in total. The van der Waals surface area contributed by atoms with Gasteiger partial charge in [0.05, 0.1) is 11.7 Å². The molecule has 1 aliphatic rings. The fourth-order valence-electron chi connectivity index (χ4n) is 3.48. The summed E-state index contributed by atoms with van der Waals surface area (Å²) in [7, 11) is 0. The average Bonchev–Trinajstić information content (AvgIpc) is 3.35. The third kappa shape index (κ3) is 3.43. The van der Waals surface area contributed by atoms with E-state index in [2.05, 4.69) is 47.7 Å². The van der Waals surface area contributed by atoms with Gasteiger partial charge in [0, 0.05) is 24.4 Å². The van der Waals surface area contributed by atoms with E-state index in [1.165, 1.54) is 16.5 Å². The molecule has 25 heavy (non-hydrogen) atoms. The molecule has 1 saturated carbocycles. The predicted molar refractivity (Wildman–Crippen MR) is 99.4 cm³/mol. The number of aryl methyl sites for hydroxylation is 2. The second kappa shape index (κ2) is 6.71. The number of fused-ring (bicyclic) bond motifs is 1.